The van der Waals surface area contributed by atoms with Crippen LogP contribution in [0.4, 0.5) is 10.5 Å². The number of hydrogen-bond donors (Lipinski definition) is 3. The molecule has 1 unspecified atom stereocenters. The van der Waals surface area contributed by atoms with E-state index in [-0.39, 0.29) is 12.6 Å². The number of aromatic nitrogens is 4. The molecule has 25 heavy (non-hydrogen) atoms. The fourth-order valence-corrected chi connectivity index (χ4v) is 2.61. The normalized spacial score (nSPS) is 13.7. The largest absolute Gasteiger partial charge is 0.383 e. The number of urea groups is 1. The number of nitrogens with zero attached hydrogens (tertiary/aromatic N) is 4. The van der Waals surface area contributed by atoms with Crippen molar-refractivity contribution in [2.24, 2.45) is 13.0 Å². The van der Waals surface area contributed by atoms with Crippen LogP contribution in [0.1, 0.15) is 39.0 Å². The Hall–Kier alpha value is -2.35. The van der Waals surface area contributed by atoms with Crippen LogP contribution >= 0.6 is 0 Å². The van der Waals surface area contributed by atoms with Gasteiger partial charge in [-0.15, -0.1) is 0 Å². The summed E-state index contributed by atoms with van der Waals surface area (Å²) in [7, 11) is 1.78. The molecule has 138 valence electrons. The van der Waals surface area contributed by atoms with E-state index in [0.717, 1.165) is 18.7 Å². The van der Waals surface area contributed by atoms with E-state index in [1.54, 1.807) is 37.2 Å². The minimum absolute atomic E-state index is 0.0755. The number of aliphatic hydroxyl groups is 1. The number of carbonyl (C=O) groups excluding carboxylic acids is 1. The van der Waals surface area contributed by atoms with Crippen LogP contribution in [0.5, 0.6) is 0 Å². The van der Waals surface area contributed by atoms with Crippen LogP contribution in [0.25, 0.3) is 0 Å². The van der Waals surface area contributed by atoms with Crippen LogP contribution in [0, 0.1) is 5.92 Å². The molecule has 0 bridgehead atoms. The molecule has 2 amide bonds. The average molecular weight is 348 g/mol. The Kier molecular flexibility index (Phi) is 5.84. The van der Waals surface area contributed by atoms with Crippen LogP contribution in [-0.2, 0) is 25.6 Å². The first kappa shape index (κ1) is 19.0. The Morgan fingerprint density at radius 3 is 2.64 bits per heavy atom. The monoisotopic (exact) mass is 348 g/mol. The van der Waals surface area contributed by atoms with E-state index in [1.807, 2.05) is 11.6 Å². The topological polar surface area (TPSA) is 97.0 Å². The molecule has 0 saturated carbocycles. The highest BCUT2D eigenvalue weighted by Gasteiger charge is 2.25. The predicted molar refractivity (Wildman–Crippen MR) is 96.2 cm³/mol. The second-order valence-corrected chi connectivity index (χ2v) is 6.92. The van der Waals surface area contributed by atoms with Gasteiger partial charge in [0.05, 0.1) is 30.3 Å². The minimum Gasteiger partial charge on any atom is -0.383 e. The number of rotatable bonds is 7. The van der Waals surface area contributed by atoms with Crippen molar-refractivity contribution in [3.8, 4) is 0 Å². The zero-order valence-corrected chi connectivity index (χ0v) is 15.6. The van der Waals surface area contributed by atoms with Crippen molar-refractivity contribution < 1.29 is 9.90 Å². The van der Waals surface area contributed by atoms with Gasteiger partial charge in [0, 0.05) is 25.4 Å². The van der Waals surface area contributed by atoms with Gasteiger partial charge < -0.3 is 15.7 Å². The molecule has 3 N–H and O–H groups in total. The summed E-state index contributed by atoms with van der Waals surface area (Å²) in [6.07, 6.45) is 5.76. The van der Waals surface area contributed by atoms with Crippen molar-refractivity contribution in [2.75, 3.05) is 11.9 Å². The Morgan fingerprint density at radius 1 is 1.36 bits per heavy atom. The summed E-state index contributed by atoms with van der Waals surface area (Å²) in [5.41, 5.74) is 1.14. The Balaban J connectivity index is 1.97. The molecule has 2 aromatic rings. The second kappa shape index (κ2) is 7.69. The molecule has 0 fully saturated rings. The highest BCUT2D eigenvalue weighted by atomic mass is 16.3. The quantitative estimate of drug-likeness (QED) is 0.711. The lowest BCUT2D eigenvalue weighted by atomic mass is 10.00. The van der Waals surface area contributed by atoms with Gasteiger partial charge in [-0.2, -0.15) is 10.2 Å². The summed E-state index contributed by atoms with van der Waals surface area (Å²) in [6.45, 7) is 8.81. The van der Waals surface area contributed by atoms with E-state index in [0.29, 0.717) is 17.2 Å². The van der Waals surface area contributed by atoms with Crippen molar-refractivity contribution in [3.05, 3.63) is 29.8 Å². The zero-order valence-electron chi connectivity index (χ0n) is 15.6. The number of amides is 2. The van der Waals surface area contributed by atoms with Crippen LogP contribution in [0.15, 0.2) is 18.6 Å². The Morgan fingerprint density at radius 2 is 2.08 bits per heavy atom. The third-order valence-electron chi connectivity index (χ3n) is 3.99. The lowest BCUT2D eigenvalue weighted by molar-refractivity contribution is 0.0599. The number of hydrogen-bond acceptors (Lipinski definition) is 4. The number of anilines is 1. The zero-order chi connectivity index (χ0) is 18.6. The van der Waals surface area contributed by atoms with E-state index in [2.05, 4.69) is 34.7 Å². The maximum atomic E-state index is 12.2. The van der Waals surface area contributed by atoms with Crippen molar-refractivity contribution in [1.82, 2.24) is 24.9 Å². The van der Waals surface area contributed by atoms with Gasteiger partial charge in [0.1, 0.15) is 5.60 Å². The third-order valence-corrected chi connectivity index (χ3v) is 3.99. The number of aryl methyl sites for hydroxylation is 1. The van der Waals surface area contributed by atoms with Gasteiger partial charge in [-0.05, 0) is 19.3 Å². The standard InChI is InChI=1S/C17H28N6O2/c1-6-15-14(8-20-23(15)9-12(2)3)21-16(24)18-11-17(4,25)13-7-19-22(5)10-13/h7-8,10,12,25H,6,9,11H2,1-5H3,(H2,18,21,24). The Bertz CT molecular complexity index is 717. The van der Waals surface area contributed by atoms with Crippen molar-refractivity contribution in [3.63, 3.8) is 0 Å². The molecule has 2 rings (SSSR count). The SMILES string of the molecule is CCc1c(NC(=O)NCC(C)(O)c2cnn(C)c2)cnn1CC(C)C. The smallest absolute Gasteiger partial charge is 0.319 e. The molecular formula is C17H28N6O2. The molecule has 2 aromatic heterocycles. The van der Waals surface area contributed by atoms with Gasteiger partial charge >= 0.3 is 6.03 Å². The fraction of sp³-hybridized carbons (Fsp3) is 0.588. The second-order valence-electron chi connectivity index (χ2n) is 6.92. The molecule has 8 heteroatoms. The molecular weight excluding hydrogens is 320 g/mol. The van der Waals surface area contributed by atoms with Crippen molar-refractivity contribution in [1.29, 1.82) is 0 Å². The molecule has 0 aromatic carbocycles. The van der Waals surface area contributed by atoms with Gasteiger partial charge in [0.2, 0.25) is 0 Å². The maximum absolute atomic E-state index is 12.2. The summed E-state index contributed by atoms with van der Waals surface area (Å²) in [6, 6.07) is -0.372. The molecule has 1 atom stereocenters. The van der Waals surface area contributed by atoms with E-state index >= 15 is 0 Å². The summed E-state index contributed by atoms with van der Waals surface area (Å²) in [4.78, 5) is 12.2. The first-order valence-corrected chi connectivity index (χ1v) is 8.54. The van der Waals surface area contributed by atoms with Gasteiger partial charge in [0.15, 0.2) is 0 Å². The summed E-state index contributed by atoms with van der Waals surface area (Å²) in [5.74, 6) is 0.474. The van der Waals surface area contributed by atoms with Gasteiger partial charge in [0.25, 0.3) is 0 Å². The van der Waals surface area contributed by atoms with Crippen molar-refractivity contribution in [2.45, 2.75) is 46.3 Å². The van der Waals surface area contributed by atoms with Crippen LogP contribution in [0.2, 0.25) is 0 Å². The van der Waals surface area contributed by atoms with E-state index in [4.69, 9.17) is 0 Å². The number of carbonyl (C=O) groups is 1. The van der Waals surface area contributed by atoms with Crippen molar-refractivity contribution >= 4 is 11.7 Å². The van der Waals surface area contributed by atoms with E-state index < -0.39 is 5.60 Å². The molecule has 0 aliphatic rings. The molecule has 8 nitrogen and oxygen atoms in total. The molecule has 0 saturated heterocycles. The summed E-state index contributed by atoms with van der Waals surface area (Å²) >= 11 is 0. The first-order chi connectivity index (χ1) is 11.7. The molecule has 2 heterocycles. The predicted octanol–water partition coefficient (Wildman–Crippen LogP) is 1.86. The molecule has 0 aliphatic heterocycles. The fourth-order valence-electron chi connectivity index (χ4n) is 2.61. The highest BCUT2D eigenvalue weighted by molar-refractivity contribution is 5.89. The lowest BCUT2D eigenvalue weighted by Gasteiger charge is -2.22. The third kappa shape index (κ3) is 4.82. The Labute approximate surface area is 148 Å². The van der Waals surface area contributed by atoms with Crippen LogP contribution in [-0.4, -0.2) is 37.2 Å². The molecule has 0 spiro atoms. The van der Waals surface area contributed by atoms with Gasteiger partial charge in [-0.1, -0.05) is 20.8 Å². The maximum Gasteiger partial charge on any atom is 0.319 e. The summed E-state index contributed by atoms with van der Waals surface area (Å²) < 4.78 is 3.53. The highest BCUT2D eigenvalue weighted by Crippen LogP contribution is 2.19. The van der Waals surface area contributed by atoms with Crippen LogP contribution in [0.3, 0.4) is 0 Å². The first-order valence-electron chi connectivity index (χ1n) is 8.54. The molecule has 0 aliphatic carbocycles. The number of nitrogens with one attached hydrogen (secondary N) is 2. The van der Waals surface area contributed by atoms with E-state index in [9.17, 15) is 9.90 Å². The van der Waals surface area contributed by atoms with Gasteiger partial charge in [-0.3, -0.25) is 9.36 Å². The van der Waals surface area contributed by atoms with E-state index in [1.165, 1.54) is 0 Å². The summed E-state index contributed by atoms with van der Waals surface area (Å²) in [5, 5.41) is 24.4. The lowest BCUT2D eigenvalue weighted by Crippen LogP contribution is -2.40. The molecule has 0 radical (unpaired) electrons. The average Bonchev–Trinajstić information content (AvgIpc) is 3.12. The minimum atomic E-state index is -1.19. The van der Waals surface area contributed by atoms with Gasteiger partial charge in [-0.25, -0.2) is 4.79 Å². The van der Waals surface area contributed by atoms with Crippen LogP contribution < -0.4 is 10.6 Å².